The van der Waals surface area contributed by atoms with Gasteiger partial charge in [-0.15, -0.1) is 11.3 Å². The van der Waals surface area contributed by atoms with Gasteiger partial charge >= 0.3 is 0 Å². The Morgan fingerprint density at radius 1 is 1.05 bits per heavy atom. The zero-order valence-corrected chi connectivity index (χ0v) is 12.4. The van der Waals surface area contributed by atoms with Gasteiger partial charge in [-0.1, -0.05) is 56.3 Å². The van der Waals surface area contributed by atoms with Crippen molar-refractivity contribution in [2.24, 2.45) is 0 Å². The van der Waals surface area contributed by atoms with Crippen LogP contribution in [-0.4, -0.2) is 5.78 Å². The molecule has 0 aliphatic heterocycles. The molecule has 1 heterocycles. The van der Waals surface area contributed by atoms with Gasteiger partial charge in [0.25, 0.3) is 0 Å². The molecule has 0 atom stereocenters. The van der Waals surface area contributed by atoms with Crippen LogP contribution in [0.4, 0.5) is 0 Å². The van der Waals surface area contributed by atoms with Gasteiger partial charge in [0.2, 0.25) is 5.78 Å². The molecule has 0 spiro atoms. The van der Waals surface area contributed by atoms with E-state index >= 15 is 0 Å². The van der Waals surface area contributed by atoms with Gasteiger partial charge in [-0.3, -0.25) is 4.79 Å². The molecule has 0 saturated heterocycles. The number of thiophene rings is 1. The minimum Gasteiger partial charge on any atom is -0.288 e. The molecule has 0 saturated carbocycles. The number of rotatable bonds is 3. The monoisotopic (exact) mass is 280 g/mol. The minimum absolute atomic E-state index is 0.124. The van der Waals surface area contributed by atoms with E-state index in [2.05, 4.69) is 19.2 Å². The second kappa shape index (κ2) is 5.22. The molecular weight excluding hydrogens is 264 g/mol. The topological polar surface area (TPSA) is 17.1 Å². The molecule has 0 fully saturated rings. The number of ketones is 1. The van der Waals surface area contributed by atoms with E-state index in [-0.39, 0.29) is 5.78 Å². The quantitative estimate of drug-likeness (QED) is 0.598. The standard InChI is InChI=1S/C18H16OS/c1-12(2)14-10-17(20-11-14)18(19)16-9-5-7-13-6-3-4-8-15(13)16/h3-12H,1-2H3. The Bertz CT molecular complexity index is 762. The summed E-state index contributed by atoms with van der Waals surface area (Å²) >= 11 is 1.54. The first-order chi connectivity index (χ1) is 9.66. The normalized spacial score (nSPS) is 11.2. The van der Waals surface area contributed by atoms with E-state index in [4.69, 9.17) is 0 Å². The summed E-state index contributed by atoms with van der Waals surface area (Å²) in [4.78, 5) is 13.5. The highest BCUT2D eigenvalue weighted by Crippen LogP contribution is 2.27. The fourth-order valence-electron chi connectivity index (χ4n) is 2.33. The van der Waals surface area contributed by atoms with Crippen LogP contribution in [0.15, 0.2) is 53.9 Å². The van der Waals surface area contributed by atoms with Gasteiger partial charge in [0.1, 0.15) is 0 Å². The molecule has 3 aromatic rings. The molecule has 0 bridgehead atoms. The molecule has 20 heavy (non-hydrogen) atoms. The van der Waals surface area contributed by atoms with Crippen LogP contribution in [0.5, 0.6) is 0 Å². The summed E-state index contributed by atoms with van der Waals surface area (Å²) < 4.78 is 0. The average Bonchev–Trinajstić information content (AvgIpc) is 2.96. The predicted molar refractivity (Wildman–Crippen MR) is 85.8 cm³/mol. The summed E-state index contributed by atoms with van der Waals surface area (Å²) in [5.41, 5.74) is 2.03. The molecule has 2 heteroatoms. The van der Waals surface area contributed by atoms with Crippen molar-refractivity contribution in [2.45, 2.75) is 19.8 Å². The largest absolute Gasteiger partial charge is 0.288 e. The van der Waals surface area contributed by atoms with Gasteiger partial charge in [-0.2, -0.15) is 0 Å². The van der Waals surface area contributed by atoms with E-state index in [1.54, 1.807) is 0 Å². The Morgan fingerprint density at radius 2 is 1.80 bits per heavy atom. The summed E-state index contributed by atoms with van der Waals surface area (Å²) in [6, 6.07) is 16.0. The lowest BCUT2D eigenvalue weighted by Gasteiger charge is -2.04. The number of hydrogen-bond acceptors (Lipinski definition) is 2. The number of benzene rings is 2. The molecule has 0 N–H and O–H groups in total. The van der Waals surface area contributed by atoms with E-state index in [0.717, 1.165) is 21.2 Å². The Labute approximate surface area is 122 Å². The highest BCUT2D eigenvalue weighted by atomic mass is 32.1. The molecule has 2 aromatic carbocycles. The van der Waals surface area contributed by atoms with Crippen LogP contribution >= 0.6 is 11.3 Å². The first-order valence-electron chi connectivity index (χ1n) is 6.77. The average molecular weight is 280 g/mol. The fraction of sp³-hybridized carbons (Fsp3) is 0.167. The SMILES string of the molecule is CC(C)c1csc(C(=O)c2cccc3ccccc23)c1. The fourth-order valence-corrected chi connectivity index (χ4v) is 3.35. The van der Waals surface area contributed by atoms with Crippen molar-refractivity contribution in [1.29, 1.82) is 0 Å². The van der Waals surface area contributed by atoms with Crippen molar-refractivity contribution in [1.82, 2.24) is 0 Å². The molecule has 0 unspecified atom stereocenters. The Balaban J connectivity index is 2.08. The van der Waals surface area contributed by atoms with Crippen molar-refractivity contribution in [3.05, 3.63) is 69.9 Å². The molecule has 3 rings (SSSR count). The Kier molecular flexibility index (Phi) is 3.41. The molecule has 0 aliphatic rings. The lowest BCUT2D eigenvalue weighted by atomic mass is 10.00. The van der Waals surface area contributed by atoms with E-state index in [1.165, 1.54) is 16.9 Å². The van der Waals surface area contributed by atoms with Crippen LogP contribution in [0.1, 0.15) is 40.6 Å². The summed E-state index contributed by atoms with van der Waals surface area (Å²) in [5.74, 6) is 0.582. The lowest BCUT2D eigenvalue weighted by Crippen LogP contribution is -1.99. The second-order valence-corrected chi connectivity index (χ2v) is 6.17. The summed E-state index contributed by atoms with van der Waals surface area (Å²) in [6.07, 6.45) is 0. The highest BCUT2D eigenvalue weighted by Gasteiger charge is 2.15. The summed E-state index contributed by atoms with van der Waals surface area (Å²) in [5, 5.41) is 4.22. The highest BCUT2D eigenvalue weighted by molar-refractivity contribution is 7.12. The van der Waals surface area contributed by atoms with Gasteiger partial charge in [0.15, 0.2) is 0 Å². The van der Waals surface area contributed by atoms with Crippen molar-refractivity contribution >= 4 is 27.9 Å². The van der Waals surface area contributed by atoms with Crippen molar-refractivity contribution in [3.63, 3.8) is 0 Å². The number of carbonyl (C=O) groups excluding carboxylic acids is 1. The van der Waals surface area contributed by atoms with Crippen molar-refractivity contribution in [2.75, 3.05) is 0 Å². The molecule has 0 radical (unpaired) electrons. The smallest absolute Gasteiger partial charge is 0.203 e. The zero-order chi connectivity index (χ0) is 14.1. The summed E-state index contributed by atoms with van der Waals surface area (Å²) in [7, 11) is 0. The Morgan fingerprint density at radius 3 is 2.55 bits per heavy atom. The van der Waals surface area contributed by atoms with Gasteiger partial charge in [0, 0.05) is 5.56 Å². The van der Waals surface area contributed by atoms with E-state index in [0.29, 0.717) is 5.92 Å². The van der Waals surface area contributed by atoms with Gasteiger partial charge in [-0.25, -0.2) is 0 Å². The van der Waals surface area contributed by atoms with Gasteiger partial charge in [0.05, 0.1) is 4.88 Å². The molecule has 1 nitrogen and oxygen atoms in total. The van der Waals surface area contributed by atoms with E-state index < -0.39 is 0 Å². The maximum absolute atomic E-state index is 12.7. The molecule has 0 amide bonds. The number of hydrogen-bond donors (Lipinski definition) is 0. The maximum Gasteiger partial charge on any atom is 0.203 e. The van der Waals surface area contributed by atoms with Gasteiger partial charge in [-0.05, 0) is 33.7 Å². The van der Waals surface area contributed by atoms with Crippen LogP contribution in [0, 0.1) is 0 Å². The number of fused-ring (bicyclic) bond motifs is 1. The van der Waals surface area contributed by atoms with Crippen LogP contribution in [0.3, 0.4) is 0 Å². The van der Waals surface area contributed by atoms with Crippen molar-refractivity contribution in [3.8, 4) is 0 Å². The van der Waals surface area contributed by atoms with Crippen LogP contribution in [0.2, 0.25) is 0 Å². The van der Waals surface area contributed by atoms with Crippen molar-refractivity contribution < 1.29 is 4.79 Å². The van der Waals surface area contributed by atoms with Crippen LogP contribution in [-0.2, 0) is 0 Å². The minimum atomic E-state index is 0.124. The molecule has 0 aliphatic carbocycles. The van der Waals surface area contributed by atoms with E-state index in [9.17, 15) is 4.79 Å². The number of carbonyl (C=O) groups is 1. The predicted octanol–water partition coefficient (Wildman–Crippen LogP) is 5.26. The molecule has 100 valence electrons. The third-order valence-electron chi connectivity index (χ3n) is 3.54. The first kappa shape index (κ1) is 13.1. The lowest BCUT2D eigenvalue weighted by molar-refractivity contribution is 0.104. The van der Waals surface area contributed by atoms with E-state index in [1.807, 2.05) is 48.5 Å². The Hall–Kier alpha value is -1.93. The van der Waals surface area contributed by atoms with Crippen LogP contribution in [0.25, 0.3) is 10.8 Å². The zero-order valence-electron chi connectivity index (χ0n) is 11.6. The van der Waals surface area contributed by atoms with Crippen LogP contribution < -0.4 is 0 Å². The molecular formula is C18H16OS. The maximum atomic E-state index is 12.7. The first-order valence-corrected chi connectivity index (χ1v) is 7.65. The summed E-state index contributed by atoms with van der Waals surface area (Å²) in [6.45, 7) is 4.29. The van der Waals surface area contributed by atoms with Gasteiger partial charge < -0.3 is 0 Å². The second-order valence-electron chi connectivity index (χ2n) is 5.25. The molecule has 1 aromatic heterocycles. The third kappa shape index (κ3) is 2.27. The third-order valence-corrected chi connectivity index (χ3v) is 4.49.